The molecule has 7 nitrogen and oxygen atoms in total. The summed E-state index contributed by atoms with van der Waals surface area (Å²) in [5.74, 6) is -0.818. The van der Waals surface area contributed by atoms with E-state index in [1.807, 2.05) is 12.1 Å². The van der Waals surface area contributed by atoms with Gasteiger partial charge in [-0.2, -0.15) is 4.73 Å². The number of sulfonamides is 1. The fourth-order valence-electron chi connectivity index (χ4n) is 2.70. The topological polar surface area (TPSA) is 93.4 Å². The first-order chi connectivity index (χ1) is 11.5. The van der Waals surface area contributed by atoms with Crippen LogP contribution in [0.2, 0.25) is 0 Å². The van der Waals surface area contributed by atoms with E-state index in [-0.39, 0.29) is 18.0 Å². The number of nitrogens with one attached hydrogen (secondary N) is 1. The van der Waals surface area contributed by atoms with Crippen molar-refractivity contribution in [1.82, 2.24) is 5.32 Å². The van der Waals surface area contributed by atoms with E-state index in [1.54, 1.807) is 18.2 Å². The molecule has 1 N–H and O–H groups in total. The highest BCUT2D eigenvalue weighted by Crippen LogP contribution is 2.29. The molecule has 2 aromatic rings. The molecule has 0 spiro atoms. The van der Waals surface area contributed by atoms with E-state index < -0.39 is 15.9 Å². The van der Waals surface area contributed by atoms with Crippen molar-refractivity contribution in [3.05, 3.63) is 65.1 Å². The Bertz CT molecular complexity index is 867. The van der Waals surface area contributed by atoms with Gasteiger partial charge >= 0.3 is 5.91 Å². The molecular formula is C16H17N3O4S. The second-order valence-electron chi connectivity index (χ2n) is 5.43. The third-order valence-corrected chi connectivity index (χ3v) is 5.65. The van der Waals surface area contributed by atoms with Gasteiger partial charge in [0.2, 0.25) is 10.0 Å². The summed E-state index contributed by atoms with van der Waals surface area (Å²) >= 11 is 0. The lowest BCUT2D eigenvalue weighted by Gasteiger charge is -2.19. The summed E-state index contributed by atoms with van der Waals surface area (Å²) in [6.45, 7) is 0.351. The fraction of sp³-hybridized carbons (Fsp3) is 0.250. The second kappa shape index (κ2) is 6.48. The third-order valence-electron chi connectivity index (χ3n) is 3.88. The molecule has 24 heavy (non-hydrogen) atoms. The zero-order valence-electron chi connectivity index (χ0n) is 12.9. The van der Waals surface area contributed by atoms with Crippen molar-refractivity contribution >= 4 is 21.6 Å². The van der Waals surface area contributed by atoms with Gasteiger partial charge in [0.05, 0.1) is 11.4 Å². The fourth-order valence-corrected chi connectivity index (χ4v) is 4.12. The van der Waals surface area contributed by atoms with Crippen molar-refractivity contribution in [1.29, 1.82) is 0 Å². The van der Waals surface area contributed by atoms with Crippen molar-refractivity contribution in [3.63, 3.8) is 0 Å². The first-order valence-electron chi connectivity index (χ1n) is 7.54. The second-order valence-corrected chi connectivity index (χ2v) is 7.45. The van der Waals surface area contributed by atoms with Crippen LogP contribution in [0.1, 0.15) is 16.1 Å². The number of fused-ring (bicyclic) bond motifs is 1. The average molecular weight is 347 g/mol. The SMILES string of the molecule is O=C(NCCS(=O)(=O)N1CCc2ccccc21)c1cccc[n+]1[O-]. The van der Waals surface area contributed by atoms with E-state index in [1.165, 1.54) is 22.6 Å². The van der Waals surface area contributed by atoms with Crippen molar-refractivity contribution in [3.8, 4) is 0 Å². The standard InChI is InChI=1S/C16H17N3O4S/c20-16(15-7-3-4-10-18(15)21)17-9-12-24(22,23)19-11-8-13-5-1-2-6-14(13)19/h1-7,10H,8-9,11-12H2,(H,17,20). The number of pyridine rings is 1. The Morgan fingerprint density at radius 3 is 2.75 bits per heavy atom. The molecular weight excluding hydrogens is 330 g/mol. The molecule has 1 aromatic carbocycles. The summed E-state index contributed by atoms with van der Waals surface area (Å²) in [6.07, 6.45) is 1.90. The number of hydrogen-bond acceptors (Lipinski definition) is 4. The van der Waals surface area contributed by atoms with E-state index in [9.17, 15) is 18.4 Å². The summed E-state index contributed by atoms with van der Waals surface area (Å²) < 4.78 is 26.8. The minimum absolute atomic E-state index is 0.0608. The largest absolute Gasteiger partial charge is 0.618 e. The molecule has 1 amide bonds. The Labute approximate surface area is 140 Å². The van der Waals surface area contributed by atoms with Gasteiger partial charge in [-0.25, -0.2) is 8.42 Å². The predicted octanol–water partition coefficient (Wildman–Crippen LogP) is 0.442. The van der Waals surface area contributed by atoms with E-state index in [0.29, 0.717) is 23.4 Å². The van der Waals surface area contributed by atoms with Crippen LogP contribution in [0.3, 0.4) is 0 Å². The van der Waals surface area contributed by atoms with Gasteiger partial charge in [-0.1, -0.05) is 18.2 Å². The summed E-state index contributed by atoms with van der Waals surface area (Å²) in [5.41, 5.74) is 1.63. The Morgan fingerprint density at radius 2 is 1.96 bits per heavy atom. The van der Waals surface area contributed by atoms with E-state index >= 15 is 0 Å². The molecule has 2 heterocycles. The van der Waals surface area contributed by atoms with Crippen molar-refractivity contribution in [2.75, 3.05) is 23.1 Å². The molecule has 1 aliphatic heterocycles. The Balaban J connectivity index is 1.63. The normalized spacial score (nSPS) is 13.6. The number of hydrogen-bond donors (Lipinski definition) is 1. The predicted molar refractivity (Wildman–Crippen MR) is 89.0 cm³/mol. The van der Waals surface area contributed by atoms with Gasteiger partial charge in [0, 0.05) is 25.2 Å². The molecule has 1 aromatic heterocycles. The van der Waals surface area contributed by atoms with Crippen LogP contribution in [0, 0.1) is 5.21 Å². The highest BCUT2D eigenvalue weighted by atomic mass is 32.2. The highest BCUT2D eigenvalue weighted by Gasteiger charge is 2.29. The van der Waals surface area contributed by atoms with Crippen LogP contribution >= 0.6 is 0 Å². The summed E-state index contributed by atoms with van der Waals surface area (Å²) in [4.78, 5) is 11.9. The zero-order valence-corrected chi connectivity index (χ0v) is 13.7. The molecule has 126 valence electrons. The first-order valence-corrected chi connectivity index (χ1v) is 9.15. The van der Waals surface area contributed by atoms with E-state index in [4.69, 9.17) is 0 Å². The van der Waals surface area contributed by atoms with E-state index in [0.717, 1.165) is 5.56 Å². The highest BCUT2D eigenvalue weighted by molar-refractivity contribution is 7.92. The Morgan fingerprint density at radius 1 is 1.21 bits per heavy atom. The van der Waals surface area contributed by atoms with Crippen LogP contribution in [-0.4, -0.2) is 33.2 Å². The molecule has 8 heteroatoms. The van der Waals surface area contributed by atoms with E-state index in [2.05, 4.69) is 5.32 Å². The van der Waals surface area contributed by atoms with Gasteiger partial charge in [0.1, 0.15) is 0 Å². The van der Waals surface area contributed by atoms with Crippen LogP contribution in [-0.2, 0) is 16.4 Å². The van der Waals surface area contributed by atoms with Crippen LogP contribution < -0.4 is 14.4 Å². The molecule has 0 aliphatic carbocycles. The number of aromatic nitrogens is 1. The van der Waals surface area contributed by atoms with Gasteiger partial charge in [-0.3, -0.25) is 9.10 Å². The molecule has 0 bridgehead atoms. The van der Waals surface area contributed by atoms with Gasteiger partial charge in [0.25, 0.3) is 5.69 Å². The maximum Gasteiger partial charge on any atom is 0.317 e. The van der Waals surface area contributed by atoms with Gasteiger partial charge in [0.15, 0.2) is 6.20 Å². The first kappa shape index (κ1) is 16.3. The molecule has 0 saturated carbocycles. The molecule has 0 unspecified atom stereocenters. The van der Waals surface area contributed by atoms with Crippen molar-refractivity contribution in [2.24, 2.45) is 0 Å². The third kappa shape index (κ3) is 3.18. The van der Waals surface area contributed by atoms with Crippen LogP contribution in [0.15, 0.2) is 48.7 Å². The van der Waals surface area contributed by atoms with Crippen molar-refractivity contribution in [2.45, 2.75) is 6.42 Å². The van der Waals surface area contributed by atoms with Gasteiger partial charge in [-0.05, 0) is 24.1 Å². The summed E-state index contributed by atoms with van der Waals surface area (Å²) in [7, 11) is -3.53. The van der Waals surface area contributed by atoms with Gasteiger partial charge < -0.3 is 10.5 Å². The summed E-state index contributed by atoms with van der Waals surface area (Å²) in [6, 6.07) is 11.8. The number of nitrogens with zero attached hydrogens (tertiary/aromatic N) is 2. The average Bonchev–Trinajstić information content (AvgIpc) is 3.00. The lowest BCUT2D eigenvalue weighted by Crippen LogP contribution is -2.41. The number of rotatable bonds is 5. The maximum absolute atomic E-state index is 12.5. The monoisotopic (exact) mass is 347 g/mol. The minimum atomic E-state index is -3.53. The maximum atomic E-state index is 12.5. The minimum Gasteiger partial charge on any atom is -0.618 e. The molecule has 1 aliphatic rings. The molecule has 0 fully saturated rings. The number of benzene rings is 1. The Kier molecular flexibility index (Phi) is 4.39. The van der Waals surface area contributed by atoms with Crippen LogP contribution in [0.4, 0.5) is 5.69 Å². The lowest BCUT2D eigenvalue weighted by atomic mass is 10.2. The molecule has 3 rings (SSSR count). The van der Waals surface area contributed by atoms with Crippen LogP contribution in [0.5, 0.6) is 0 Å². The number of amides is 1. The van der Waals surface area contributed by atoms with Crippen LogP contribution in [0.25, 0.3) is 0 Å². The lowest BCUT2D eigenvalue weighted by molar-refractivity contribution is -0.607. The number of carbonyl (C=O) groups excluding carboxylic acids is 1. The zero-order chi connectivity index (χ0) is 17.2. The molecule has 0 saturated heterocycles. The summed E-state index contributed by atoms with van der Waals surface area (Å²) in [5, 5.41) is 14.0. The van der Waals surface area contributed by atoms with Gasteiger partial charge in [-0.15, -0.1) is 0 Å². The Hall–Kier alpha value is -2.61. The number of carbonyl (C=O) groups is 1. The smallest absolute Gasteiger partial charge is 0.317 e. The number of anilines is 1. The number of para-hydroxylation sites is 1. The van der Waals surface area contributed by atoms with Crippen molar-refractivity contribution < 1.29 is 17.9 Å². The quantitative estimate of drug-likeness (QED) is 0.627. The molecule has 0 radical (unpaired) electrons. The molecule has 0 atom stereocenters.